The zero-order valence-electron chi connectivity index (χ0n) is 14.8. The molecule has 0 spiro atoms. The Morgan fingerprint density at radius 1 is 1.19 bits per heavy atom. The van der Waals surface area contributed by atoms with Crippen LogP contribution in [0, 0.1) is 6.92 Å². The third kappa shape index (κ3) is 4.40. The van der Waals surface area contributed by atoms with Gasteiger partial charge in [-0.25, -0.2) is 0 Å². The Morgan fingerprint density at radius 2 is 2.04 bits per heavy atom. The number of nitrogens with one attached hydrogen (secondary N) is 3. The molecule has 0 aliphatic rings. The summed E-state index contributed by atoms with van der Waals surface area (Å²) in [6.45, 7) is 2.60. The fraction of sp³-hybridized carbons (Fsp3) is 0.200. The lowest BCUT2D eigenvalue weighted by Crippen LogP contribution is -2.31. The van der Waals surface area contributed by atoms with Crippen LogP contribution >= 0.6 is 12.2 Å². The number of methoxy groups -OCH3 is 1. The molecule has 3 aromatic rings. The van der Waals surface area contributed by atoms with E-state index in [2.05, 4.69) is 15.6 Å². The maximum Gasteiger partial charge on any atom is 0.251 e. The monoisotopic (exact) mass is 367 g/mol. The minimum absolute atomic E-state index is 0.0925. The van der Waals surface area contributed by atoms with E-state index in [4.69, 9.17) is 17.0 Å². The van der Waals surface area contributed by atoms with Gasteiger partial charge in [-0.05, 0) is 66.8 Å². The van der Waals surface area contributed by atoms with E-state index in [-0.39, 0.29) is 5.56 Å². The second-order valence-electron chi connectivity index (χ2n) is 6.08. The van der Waals surface area contributed by atoms with Crippen molar-refractivity contribution in [2.75, 3.05) is 19.0 Å². The number of hydrogen-bond acceptors (Lipinski definition) is 3. The lowest BCUT2D eigenvalue weighted by atomic mass is 10.1. The number of aromatic nitrogens is 1. The summed E-state index contributed by atoms with van der Waals surface area (Å²) < 4.78 is 5.19. The van der Waals surface area contributed by atoms with E-state index < -0.39 is 0 Å². The van der Waals surface area contributed by atoms with Crippen molar-refractivity contribution in [3.05, 3.63) is 70.0 Å². The molecule has 1 aromatic heterocycles. The highest BCUT2D eigenvalue weighted by molar-refractivity contribution is 7.80. The fourth-order valence-corrected chi connectivity index (χ4v) is 2.97. The second-order valence-corrected chi connectivity index (χ2v) is 6.49. The quantitative estimate of drug-likeness (QED) is 0.604. The summed E-state index contributed by atoms with van der Waals surface area (Å²) in [7, 11) is 1.60. The van der Waals surface area contributed by atoms with E-state index in [1.54, 1.807) is 7.11 Å². The Kier molecular flexibility index (Phi) is 5.53. The van der Waals surface area contributed by atoms with Crippen LogP contribution in [-0.2, 0) is 6.42 Å². The Labute approximate surface area is 157 Å². The molecule has 3 N–H and O–H groups in total. The second kappa shape index (κ2) is 8.01. The molecule has 0 bridgehead atoms. The summed E-state index contributed by atoms with van der Waals surface area (Å²) in [5, 5.41) is 7.80. The standard InChI is InChI=1S/C20H21N3O2S/c1-13-4-3-5-16(10-13)22-20(26)21-9-8-15-11-14-6-7-17(25-2)12-18(14)23-19(15)24/h3-7,10-12H,8-9H2,1-2H3,(H,23,24)(H2,21,22,26). The summed E-state index contributed by atoms with van der Waals surface area (Å²) in [5.41, 5.74) is 3.50. The Balaban J connectivity index is 1.61. The van der Waals surface area contributed by atoms with E-state index in [1.807, 2.05) is 55.5 Å². The van der Waals surface area contributed by atoms with Crippen LogP contribution in [0.2, 0.25) is 0 Å². The molecule has 0 saturated carbocycles. The minimum atomic E-state index is -0.0925. The van der Waals surface area contributed by atoms with Gasteiger partial charge in [0.1, 0.15) is 5.75 Å². The molecule has 3 rings (SSSR count). The number of ether oxygens (including phenoxy) is 1. The van der Waals surface area contributed by atoms with Crippen molar-refractivity contribution in [3.8, 4) is 5.75 Å². The van der Waals surface area contributed by atoms with Gasteiger partial charge in [0.2, 0.25) is 0 Å². The van der Waals surface area contributed by atoms with Crippen molar-refractivity contribution < 1.29 is 4.74 Å². The number of aryl methyl sites for hydroxylation is 1. The first-order chi connectivity index (χ1) is 12.5. The number of H-pyrrole nitrogens is 1. The van der Waals surface area contributed by atoms with Crippen LogP contribution in [0.15, 0.2) is 53.3 Å². The lowest BCUT2D eigenvalue weighted by molar-refractivity contribution is 0.415. The average molecular weight is 367 g/mol. The van der Waals surface area contributed by atoms with E-state index in [1.165, 1.54) is 0 Å². The predicted molar refractivity (Wildman–Crippen MR) is 110 cm³/mol. The summed E-state index contributed by atoms with van der Waals surface area (Å²) in [6, 6.07) is 15.5. The molecule has 6 heteroatoms. The average Bonchev–Trinajstić information content (AvgIpc) is 2.61. The van der Waals surface area contributed by atoms with Gasteiger partial charge in [0, 0.05) is 23.9 Å². The third-order valence-corrected chi connectivity index (χ3v) is 4.33. The van der Waals surface area contributed by atoms with Crippen LogP contribution in [-0.4, -0.2) is 23.8 Å². The van der Waals surface area contributed by atoms with Gasteiger partial charge in [0.25, 0.3) is 5.56 Å². The molecule has 0 aliphatic carbocycles. The maximum absolute atomic E-state index is 12.3. The summed E-state index contributed by atoms with van der Waals surface area (Å²) in [4.78, 5) is 15.2. The first-order valence-electron chi connectivity index (χ1n) is 8.36. The minimum Gasteiger partial charge on any atom is -0.497 e. The topological polar surface area (TPSA) is 66.2 Å². The van der Waals surface area contributed by atoms with E-state index in [0.717, 1.165) is 27.9 Å². The van der Waals surface area contributed by atoms with Crippen molar-refractivity contribution in [1.29, 1.82) is 0 Å². The van der Waals surface area contributed by atoms with Gasteiger partial charge in [0.05, 0.1) is 12.6 Å². The molecule has 0 fully saturated rings. The molecule has 134 valence electrons. The fourth-order valence-electron chi connectivity index (χ4n) is 2.75. The van der Waals surface area contributed by atoms with Crippen LogP contribution in [0.3, 0.4) is 0 Å². The third-order valence-electron chi connectivity index (χ3n) is 4.09. The zero-order valence-corrected chi connectivity index (χ0v) is 15.6. The van der Waals surface area contributed by atoms with E-state index in [9.17, 15) is 4.79 Å². The molecular formula is C20H21N3O2S. The van der Waals surface area contributed by atoms with Crippen molar-refractivity contribution in [3.63, 3.8) is 0 Å². The summed E-state index contributed by atoms with van der Waals surface area (Å²) >= 11 is 5.31. The number of anilines is 1. The Bertz CT molecular complexity index is 998. The van der Waals surface area contributed by atoms with Gasteiger partial charge in [-0.3, -0.25) is 4.79 Å². The maximum atomic E-state index is 12.3. The summed E-state index contributed by atoms with van der Waals surface area (Å²) in [6.07, 6.45) is 0.576. The number of rotatable bonds is 5. The predicted octanol–water partition coefficient (Wildman–Crippen LogP) is 3.37. The van der Waals surface area contributed by atoms with Gasteiger partial charge in [0.15, 0.2) is 5.11 Å². The molecular weight excluding hydrogens is 346 g/mol. The molecule has 2 aromatic carbocycles. The number of thiocarbonyl (C=S) groups is 1. The normalized spacial score (nSPS) is 10.5. The smallest absolute Gasteiger partial charge is 0.251 e. The highest BCUT2D eigenvalue weighted by Crippen LogP contribution is 2.18. The van der Waals surface area contributed by atoms with Gasteiger partial charge in [-0.1, -0.05) is 12.1 Å². The van der Waals surface area contributed by atoms with Crippen LogP contribution in [0.1, 0.15) is 11.1 Å². The number of pyridine rings is 1. The van der Waals surface area contributed by atoms with Crippen LogP contribution < -0.4 is 20.9 Å². The molecule has 0 radical (unpaired) electrons. The molecule has 0 amide bonds. The van der Waals surface area contributed by atoms with Gasteiger partial charge >= 0.3 is 0 Å². The van der Waals surface area contributed by atoms with Crippen molar-refractivity contribution >= 4 is 33.9 Å². The lowest BCUT2D eigenvalue weighted by Gasteiger charge is -2.11. The SMILES string of the molecule is COc1ccc2cc(CCNC(=S)Nc3cccc(C)c3)c(=O)[nH]c2c1. The Hall–Kier alpha value is -2.86. The highest BCUT2D eigenvalue weighted by Gasteiger charge is 2.05. The highest BCUT2D eigenvalue weighted by atomic mass is 32.1. The largest absolute Gasteiger partial charge is 0.497 e. The molecule has 0 atom stereocenters. The van der Waals surface area contributed by atoms with Crippen molar-refractivity contribution in [2.45, 2.75) is 13.3 Å². The van der Waals surface area contributed by atoms with Crippen LogP contribution in [0.4, 0.5) is 5.69 Å². The first kappa shape index (κ1) is 17.9. The zero-order chi connectivity index (χ0) is 18.5. The molecule has 0 saturated heterocycles. The van der Waals surface area contributed by atoms with Gasteiger partial charge < -0.3 is 20.4 Å². The van der Waals surface area contributed by atoms with Gasteiger partial charge in [-0.2, -0.15) is 0 Å². The number of aromatic amines is 1. The number of hydrogen-bond donors (Lipinski definition) is 3. The molecule has 0 aliphatic heterocycles. The Morgan fingerprint density at radius 3 is 2.81 bits per heavy atom. The van der Waals surface area contributed by atoms with Crippen molar-refractivity contribution in [1.82, 2.24) is 10.3 Å². The van der Waals surface area contributed by atoms with Crippen LogP contribution in [0.25, 0.3) is 10.9 Å². The number of benzene rings is 2. The van der Waals surface area contributed by atoms with Crippen LogP contribution in [0.5, 0.6) is 5.75 Å². The molecule has 5 nitrogen and oxygen atoms in total. The van der Waals surface area contributed by atoms with E-state index in [0.29, 0.717) is 23.6 Å². The molecule has 0 unspecified atom stereocenters. The van der Waals surface area contributed by atoms with E-state index >= 15 is 0 Å². The molecule has 1 heterocycles. The number of fused-ring (bicyclic) bond motifs is 1. The molecule has 26 heavy (non-hydrogen) atoms. The van der Waals surface area contributed by atoms with Crippen molar-refractivity contribution in [2.24, 2.45) is 0 Å². The summed E-state index contributed by atoms with van der Waals surface area (Å²) in [5.74, 6) is 0.718. The first-order valence-corrected chi connectivity index (χ1v) is 8.77. The van der Waals surface area contributed by atoms with Gasteiger partial charge in [-0.15, -0.1) is 0 Å².